The number of rotatable bonds is 6. The predicted octanol–water partition coefficient (Wildman–Crippen LogP) is 2.82. The van der Waals surface area contributed by atoms with E-state index in [4.69, 9.17) is 9.47 Å². The van der Waals surface area contributed by atoms with Gasteiger partial charge in [-0.2, -0.15) is 5.10 Å². The third-order valence-electron chi connectivity index (χ3n) is 3.90. The quantitative estimate of drug-likeness (QED) is 0.699. The van der Waals surface area contributed by atoms with Crippen molar-refractivity contribution in [3.8, 4) is 22.6 Å². The zero-order valence-corrected chi connectivity index (χ0v) is 15.4. The molecule has 0 aliphatic rings. The van der Waals surface area contributed by atoms with E-state index in [1.807, 2.05) is 19.3 Å². The summed E-state index contributed by atoms with van der Waals surface area (Å²) in [7, 11) is 4.97. The lowest BCUT2D eigenvalue weighted by atomic mass is 10.1. The molecule has 1 aromatic carbocycles. The number of urea groups is 1. The van der Waals surface area contributed by atoms with Crippen LogP contribution in [0.25, 0.3) is 11.1 Å². The Bertz CT molecular complexity index is 916. The minimum absolute atomic E-state index is 0.336. The molecule has 0 saturated heterocycles. The number of pyridine rings is 1. The lowest BCUT2D eigenvalue weighted by molar-refractivity contribution is 0.251. The van der Waals surface area contributed by atoms with Crippen molar-refractivity contribution in [1.82, 2.24) is 20.1 Å². The van der Waals surface area contributed by atoms with Crippen molar-refractivity contribution in [2.75, 3.05) is 19.5 Å². The van der Waals surface area contributed by atoms with Crippen LogP contribution in [-0.4, -0.2) is 35.0 Å². The van der Waals surface area contributed by atoms with Crippen LogP contribution in [-0.2, 0) is 13.6 Å². The Kier molecular flexibility index (Phi) is 5.55. The smallest absolute Gasteiger partial charge is 0.319 e. The van der Waals surface area contributed by atoms with Crippen molar-refractivity contribution in [2.24, 2.45) is 7.05 Å². The Morgan fingerprint density at radius 3 is 2.41 bits per heavy atom. The third kappa shape index (κ3) is 4.75. The molecular formula is C19H21N5O3. The van der Waals surface area contributed by atoms with Crippen LogP contribution in [0.15, 0.2) is 49.1 Å². The van der Waals surface area contributed by atoms with Crippen LogP contribution in [0.3, 0.4) is 0 Å². The van der Waals surface area contributed by atoms with Gasteiger partial charge in [0.15, 0.2) is 0 Å². The molecule has 0 saturated carbocycles. The molecule has 0 atom stereocenters. The van der Waals surface area contributed by atoms with E-state index in [-0.39, 0.29) is 6.03 Å². The van der Waals surface area contributed by atoms with Gasteiger partial charge in [0.25, 0.3) is 0 Å². The average molecular weight is 367 g/mol. The summed E-state index contributed by atoms with van der Waals surface area (Å²) in [6.45, 7) is 0.341. The minimum Gasteiger partial charge on any atom is -0.497 e. The summed E-state index contributed by atoms with van der Waals surface area (Å²) in [5.74, 6) is 1.19. The zero-order chi connectivity index (χ0) is 19.2. The largest absolute Gasteiger partial charge is 0.497 e. The maximum Gasteiger partial charge on any atom is 0.319 e. The molecule has 0 radical (unpaired) electrons. The summed E-state index contributed by atoms with van der Waals surface area (Å²) >= 11 is 0. The maximum atomic E-state index is 12.2. The van der Waals surface area contributed by atoms with Gasteiger partial charge in [-0.15, -0.1) is 0 Å². The van der Waals surface area contributed by atoms with Crippen molar-refractivity contribution in [3.63, 3.8) is 0 Å². The van der Waals surface area contributed by atoms with Crippen molar-refractivity contribution < 1.29 is 14.3 Å². The second-order valence-electron chi connectivity index (χ2n) is 5.89. The molecule has 2 amide bonds. The number of anilines is 1. The first-order valence-corrected chi connectivity index (χ1v) is 8.28. The highest BCUT2D eigenvalue weighted by Crippen LogP contribution is 2.25. The van der Waals surface area contributed by atoms with Crippen molar-refractivity contribution in [3.05, 3.63) is 54.6 Å². The van der Waals surface area contributed by atoms with Gasteiger partial charge < -0.3 is 20.1 Å². The highest BCUT2D eigenvalue weighted by molar-refractivity contribution is 5.89. The van der Waals surface area contributed by atoms with Gasteiger partial charge in [0.2, 0.25) is 0 Å². The number of carbonyl (C=O) groups is 1. The van der Waals surface area contributed by atoms with Gasteiger partial charge in [0.1, 0.15) is 11.5 Å². The number of aryl methyl sites for hydroxylation is 1. The third-order valence-corrected chi connectivity index (χ3v) is 3.90. The van der Waals surface area contributed by atoms with E-state index < -0.39 is 0 Å². The van der Waals surface area contributed by atoms with Gasteiger partial charge in [-0.1, -0.05) is 0 Å². The molecule has 0 unspecified atom stereocenters. The number of aromatic nitrogens is 3. The number of benzene rings is 1. The second kappa shape index (κ2) is 8.22. The molecule has 0 fully saturated rings. The molecule has 8 nitrogen and oxygen atoms in total. The Hall–Kier alpha value is -3.55. The molecule has 0 aliphatic heterocycles. The number of amides is 2. The fourth-order valence-corrected chi connectivity index (χ4v) is 2.55. The maximum absolute atomic E-state index is 12.2. The molecule has 3 aromatic rings. The molecule has 27 heavy (non-hydrogen) atoms. The molecule has 140 valence electrons. The van der Waals surface area contributed by atoms with Gasteiger partial charge >= 0.3 is 6.03 Å². The van der Waals surface area contributed by atoms with Crippen LogP contribution in [0.4, 0.5) is 10.5 Å². The molecule has 2 N–H and O–H groups in total. The van der Waals surface area contributed by atoms with E-state index in [0.29, 0.717) is 23.7 Å². The van der Waals surface area contributed by atoms with Crippen LogP contribution in [0.5, 0.6) is 11.5 Å². The van der Waals surface area contributed by atoms with Crippen LogP contribution >= 0.6 is 0 Å². The Morgan fingerprint density at radius 1 is 1.04 bits per heavy atom. The van der Waals surface area contributed by atoms with Crippen LogP contribution in [0.2, 0.25) is 0 Å². The standard InChI is InChI=1S/C19H21N5O3/c1-24-12-15(11-22-24)14-4-13(8-20-10-14)9-21-19(25)23-16-5-17(26-2)7-18(6-16)27-3/h4-8,10-12H,9H2,1-3H3,(H2,21,23,25). The minimum atomic E-state index is -0.336. The van der Waals surface area contributed by atoms with E-state index in [1.165, 1.54) is 0 Å². The van der Waals surface area contributed by atoms with Gasteiger partial charge in [0.05, 0.1) is 20.4 Å². The van der Waals surface area contributed by atoms with Gasteiger partial charge in [-0.25, -0.2) is 4.79 Å². The monoisotopic (exact) mass is 367 g/mol. The van der Waals surface area contributed by atoms with Crippen LogP contribution in [0.1, 0.15) is 5.56 Å². The molecule has 2 heterocycles. The predicted molar refractivity (Wildman–Crippen MR) is 102 cm³/mol. The number of hydrogen-bond acceptors (Lipinski definition) is 5. The number of nitrogens with zero attached hydrogens (tertiary/aromatic N) is 3. The highest BCUT2D eigenvalue weighted by Gasteiger charge is 2.07. The van der Waals surface area contributed by atoms with E-state index in [0.717, 1.165) is 16.7 Å². The summed E-state index contributed by atoms with van der Waals surface area (Å²) in [5, 5.41) is 9.74. The first-order chi connectivity index (χ1) is 13.1. The topological polar surface area (TPSA) is 90.3 Å². The zero-order valence-electron chi connectivity index (χ0n) is 15.4. The first-order valence-electron chi connectivity index (χ1n) is 8.28. The number of carbonyl (C=O) groups excluding carboxylic acids is 1. The lowest BCUT2D eigenvalue weighted by Gasteiger charge is -2.11. The Balaban J connectivity index is 1.63. The van der Waals surface area contributed by atoms with Gasteiger partial charge in [0, 0.05) is 67.2 Å². The SMILES string of the molecule is COc1cc(NC(=O)NCc2cncc(-c3cnn(C)c3)c2)cc(OC)c1. The molecule has 8 heteroatoms. The van der Waals surface area contributed by atoms with Gasteiger partial charge in [-0.05, 0) is 11.6 Å². The number of methoxy groups -OCH3 is 2. The molecule has 0 bridgehead atoms. The Morgan fingerprint density at radius 2 is 1.78 bits per heavy atom. The van der Waals surface area contributed by atoms with Crippen molar-refractivity contribution >= 4 is 11.7 Å². The fraction of sp³-hybridized carbons (Fsp3) is 0.211. The van der Waals surface area contributed by atoms with Crippen LogP contribution < -0.4 is 20.1 Å². The van der Waals surface area contributed by atoms with Crippen molar-refractivity contribution in [2.45, 2.75) is 6.54 Å². The summed E-state index contributed by atoms with van der Waals surface area (Å²) in [6.07, 6.45) is 7.17. The fourth-order valence-electron chi connectivity index (χ4n) is 2.55. The highest BCUT2D eigenvalue weighted by atomic mass is 16.5. The lowest BCUT2D eigenvalue weighted by Crippen LogP contribution is -2.28. The van der Waals surface area contributed by atoms with E-state index in [2.05, 4.69) is 20.7 Å². The Labute approximate surface area is 157 Å². The molecule has 0 aliphatic carbocycles. The first kappa shape index (κ1) is 18.2. The van der Waals surface area contributed by atoms with E-state index >= 15 is 0 Å². The summed E-state index contributed by atoms with van der Waals surface area (Å²) in [4.78, 5) is 16.4. The number of nitrogens with one attached hydrogen (secondary N) is 2. The number of ether oxygens (including phenoxy) is 2. The molecular weight excluding hydrogens is 346 g/mol. The molecule has 2 aromatic heterocycles. The molecule has 0 spiro atoms. The summed E-state index contributed by atoms with van der Waals surface area (Å²) in [6, 6.07) is 6.80. The summed E-state index contributed by atoms with van der Waals surface area (Å²) < 4.78 is 12.1. The van der Waals surface area contributed by atoms with Crippen LogP contribution in [0, 0.1) is 0 Å². The second-order valence-corrected chi connectivity index (χ2v) is 5.89. The molecule has 3 rings (SSSR count). The van der Waals surface area contributed by atoms with Gasteiger partial charge in [-0.3, -0.25) is 9.67 Å². The van der Waals surface area contributed by atoms with E-state index in [1.54, 1.807) is 55.7 Å². The van der Waals surface area contributed by atoms with E-state index in [9.17, 15) is 4.79 Å². The number of hydrogen-bond donors (Lipinski definition) is 2. The average Bonchev–Trinajstić information content (AvgIpc) is 3.12. The summed E-state index contributed by atoms with van der Waals surface area (Å²) in [5.41, 5.74) is 3.38. The van der Waals surface area contributed by atoms with Crippen molar-refractivity contribution in [1.29, 1.82) is 0 Å². The normalized spacial score (nSPS) is 10.3.